The number of pyridine rings is 1. The zero-order valence-electron chi connectivity index (χ0n) is 13.1. The molecule has 0 fully saturated rings. The summed E-state index contributed by atoms with van der Waals surface area (Å²) in [6.07, 6.45) is 1.77. The highest BCUT2D eigenvalue weighted by Crippen LogP contribution is 2.24. The second-order valence-corrected chi connectivity index (χ2v) is 6.36. The molecule has 2 aromatic heterocycles. The minimum Gasteiger partial charge on any atom is -0.463 e. The lowest BCUT2D eigenvalue weighted by atomic mass is 10.0. The van der Waals surface area contributed by atoms with Crippen molar-refractivity contribution in [3.8, 4) is 0 Å². The summed E-state index contributed by atoms with van der Waals surface area (Å²) < 4.78 is 5.52. The lowest BCUT2D eigenvalue weighted by Gasteiger charge is -2.21. The Hall–Kier alpha value is -1.88. The number of aromatic nitrogens is 1. The first-order valence-electron chi connectivity index (χ1n) is 7.49. The molecule has 0 aliphatic carbocycles. The van der Waals surface area contributed by atoms with Gasteiger partial charge in [0.05, 0.1) is 5.52 Å². The van der Waals surface area contributed by atoms with Crippen molar-refractivity contribution in [2.45, 2.75) is 26.0 Å². The molecule has 23 heavy (non-hydrogen) atoms. The van der Waals surface area contributed by atoms with E-state index in [0.29, 0.717) is 23.9 Å². The first-order valence-corrected chi connectivity index (χ1v) is 7.87. The van der Waals surface area contributed by atoms with Gasteiger partial charge < -0.3 is 14.8 Å². The Morgan fingerprint density at radius 3 is 2.87 bits per heavy atom. The number of hydrogen-bond donors (Lipinski definition) is 2. The maximum absolute atomic E-state index is 10.5. The Bertz CT molecular complexity index is 827. The third-order valence-corrected chi connectivity index (χ3v) is 4.02. The van der Waals surface area contributed by atoms with Gasteiger partial charge in [0, 0.05) is 29.7 Å². The van der Waals surface area contributed by atoms with E-state index in [1.165, 1.54) is 0 Å². The predicted octanol–water partition coefficient (Wildman–Crippen LogP) is 3.79. The number of benzene rings is 1. The predicted molar refractivity (Wildman–Crippen MR) is 91.5 cm³/mol. The molecule has 5 heteroatoms. The largest absolute Gasteiger partial charge is 0.463 e. The zero-order chi connectivity index (χ0) is 16.4. The van der Waals surface area contributed by atoms with Crippen molar-refractivity contribution in [2.75, 3.05) is 6.54 Å². The van der Waals surface area contributed by atoms with E-state index >= 15 is 0 Å². The SMILES string of the molecule is Cc1ccc(C(C)(O)CNCc2cc(Cl)cc3cccnc23)o1. The summed E-state index contributed by atoms with van der Waals surface area (Å²) in [5.41, 5.74) is 0.841. The minimum atomic E-state index is -1.07. The molecule has 1 atom stereocenters. The number of hydrogen-bond acceptors (Lipinski definition) is 4. The van der Waals surface area contributed by atoms with Crippen LogP contribution in [0.25, 0.3) is 10.9 Å². The fourth-order valence-corrected chi connectivity index (χ4v) is 2.86. The monoisotopic (exact) mass is 330 g/mol. The molecule has 1 unspecified atom stereocenters. The van der Waals surface area contributed by atoms with Crippen LogP contribution in [0.4, 0.5) is 0 Å². The Morgan fingerprint density at radius 1 is 1.30 bits per heavy atom. The van der Waals surface area contributed by atoms with Crippen LogP contribution in [0.15, 0.2) is 47.0 Å². The summed E-state index contributed by atoms with van der Waals surface area (Å²) in [7, 11) is 0. The lowest BCUT2D eigenvalue weighted by molar-refractivity contribution is 0.0333. The highest BCUT2D eigenvalue weighted by atomic mass is 35.5. The van der Waals surface area contributed by atoms with E-state index in [1.54, 1.807) is 19.2 Å². The van der Waals surface area contributed by atoms with Crippen LogP contribution in [0.1, 0.15) is 24.0 Å². The molecule has 3 rings (SSSR count). The zero-order valence-corrected chi connectivity index (χ0v) is 13.9. The first kappa shape index (κ1) is 16.0. The molecule has 0 spiro atoms. The number of aliphatic hydroxyl groups is 1. The van der Waals surface area contributed by atoms with Gasteiger partial charge in [0.25, 0.3) is 0 Å². The summed E-state index contributed by atoms with van der Waals surface area (Å²) in [5, 5.41) is 15.5. The highest BCUT2D eigenvalue weighted by Gasteiger charge is 2.26. The fraction of sp³-hybridized carbons (Fsp3) is 0.278. The number of nitrogens with one attached hydrogen (secondary N) is 1. The van der Waals surface area contributed by atoms with E-state index in [2.05, 4.69) is 10.3 Å². The van der Waals surface area contributed by atoms with Gasteiger partial charge in [0.1, 0.15) is 17.1 Å². The van der Waals surface area contributed by atoms with Crippen molar-refractivity contribution in [3.63, 3.8) is 0 Å². The van der Waals surface area contributed by atoms with Crippen LogP contribution in [-0.4, -0.2) is 16.6 Å². The molecule has 120 valence electrons. The molecule has 4 nitrogen and oxygen atoms in total. The Morgan fingerprint density at radius 2 is 2.13 bits per heavy atom. The van der Waals surface area contributed by atoms with Gasteiger partial charge in [-0.1, -0.05) is 17.7 Å². The molecule has 0 aliphatic heterocycles. The van der Waals surface area contributed by atoms with Crippen molar-refractivity contribution >= 4 is 22.5 Å². The molecule has 0 amide bonds. The minimum absolute atomic E-state index is 0.362. The molecule has 0 aliphatic rings. The van der Waals surface area contributed by atoms with Crippen molar-refractivity contribution in [2.24, 2.45) is 0 Å². The molecule has 2 N–H and O–H groups in total. The van der Waals surface area contributed by atoms with Gasteiger partial charge >= 0.3 is 0 Å². The molecule has 0 bridgehead atoms. The summed E-state index contributed by atoms with van der Waals surface area (Å²) in [6.45, 7) is 4.51. The standard InChI is InChI=1S/C18H19ClN2O2/c1-12-5-6-16(23-12)18(2,22)11-20-10-14-9-15(19)8-13-4-3-7-21-17(13)14/h3-9,20,22H,10-11H2,1-2H3. The number of rotatable bonds is 5. The third-order valence-electron chi connectivity index (χ3n) is 3.80. The van der Waals surface area contributed by atoms with E-state index in [1.807, 2.05) is 37.3 Å². The first-order chi connectivity index (χ1) is 11.0. The van der Waals surface area contributed by atoms with E-state index in [0.717, 1.165) is 22.2 Å². The number of halogens is 1. The van der Waals surface area contributed by atoms with Gasteiger partial charge in [-0.15, -0.1) is 0 Å². The summed E-state index contributed by atoms with van der Waals surface area (Å²) in [5.74, 6) is 1.34. The average Bonchev–Trinajstić information content (AvgIpc) is 2.94. The Labute approximate surface area is 140 Å². The lowest BCUT2D eigenvalue weighted by Crippen LogP contribution is -2.34. The molecule has 3 aromatic rings. The maximum atomic E-state index is 10.5. The van der Waals surface area contributed by atoms with Crippen LogP contribution in [0.3, 0.4) is 0 Å². The van der Waals surface area contributed by atoms with Gasteiger partial charge in [-0.2, -0.15) is 0 Å². The van der Waals surface area contributed by atoms with E-state index in [9.17, 15) is 5.11 Å². The van der Waals surface area contributed by atoms with Crippen molar-refractivity contribution in [1.29, 1.82) is 0 Å². The molecule has 2 heterocycles. The van der Waals surface area contributed by atoms with Crippen molar-refractivity contribution < 1.29 is 9.52 Å². The van der Waals surface area contributed by atoms with E-state index in [4.69, 9.17) is 16.0 Å². The maximum Gasteiger partial charge on any atom is 0.136 e. The van der Waals surface area contributed by atoms with E-state index < -0.39 is 5.60 Å². The number of furan rings is 1. The highest BCUT2D eigenvalue weighted by molar-refractivity contribution is 6.31. The Kier molecular flexibility index (Phi) is 4.39. The van der Waals surface area contributed by atoms with Crippen LogP contribution in [-0.2, 0) is 12.1 Å². The molecule has 1 aromatic carbocycles. The van der Waals surface area contributed by atoms with Crippen LogP contribution in [0, 0.1) is 6.92 Å². The van der Waals surface area contributed by atoms with Crippen molar-refractivity contribution in [1.82, 2.24) is 10.3 Å². The summed E-state index contributed by atoms with van der Waals surface area (Å²) >= 11 is 6.17. The van der Waals surface area contributed by atoms with Crippen molar-refractivity contribution in [3.05, 3.63) is 64.7 Å². The van der Waals surface area contributed by atoms with Crippen LogP contribution in [0.5, 0.6) is 0 Å². The molecular weight excluding hydrogens is 312 g/mol. The van der Waals surface area contributed by atoms with Gasteiger partial charge in [-0.3, -0.25) is 4.98 Å². The second-order valence-electron chi connectivity index (χ2n) is 5.93. The molecule has 0 saturated heterocycles. The number of aryl methyl sites for hydroxylation is 1. The van der Waals surface area contributed by atoms with Gasteiger partial charge in [0.2, 0.25) is 0 Å². The van der Waals surface area contributed by atoms with Gasteiger partial charge in [-0.25, -0.2) is 0 Å². The normalized spacial score (nSPS) is 14.1. The molecule has 0 radical (unpaired) electrons. The smallest absolute Gasteiger partial charge is 0.136 e. The Balaban J connectivity index is 1.74. The quantitative estimate of drug-likeness (QED) is 0.747. The summed E-state index contributed by atoms with van der Waals surface area (Å²) in [4.78, 5) is 4.42. The second kappa shape index (κ2) is 6.32. The summed E-state index contributed by atoms with van der Waals surface area (Å²) in [6, 6.07) is 11.3. The molecule has 0 saturated carbocycles. The van der Waals surface area contributed by atoms with Gasteiger partial charge in [0.15, 0.2) is 0 Å². The third kappa shape index (κ3) is 3.55. The molecular formula is C18H19ClN2O2. The number of fused-ring (bicyclic) bond motifs is 1. The van der Waals surface area contributed by atoms with Crippen LogP contribution >= 0.6 is 11.6 Å². The van der Waals surface area contributed by atoms with Crippen LogP contribution in [0.2, 0.25) is 5.02 Å². The average molecular weight is 331 g/mol. The van der Waals surface area contributed by atoms with E-state index in [-0.39, 0.29) is 0 Å². The van der Waals surface area contributed by atoms with Crippen LogP contribution < -0.4 is 5.32 Å². The topological polar surface area (TPSA) is 58.3 Å². The fourth-order valence-electron chi connectivity index (χ4n) is 2.61. The van der Waals surface area contributed by atoms with Gasteiger partial charge in [-0.05, 0) is 49.7 Å². The number of nitrogens with zero attached hydrogens (tertiary/aromatic N) is 1.